The normalized spacial score (nSPS) is 19.2. The summed E-state index contributed by atoms with van der Waals surface area (Å²) in [6, 6.07) is 5.44. The number of hydrogen-bond donors (Lipinski definition) is 0. The van der Waals surface area contributed by atoms with Gasteiger partial charge in [-0.05, 0) is 69.2 Å². The van der Waals surface area contributed by atoms with Crippen molar-refractivity contribution in [3.63, 3.8) is 0 Å². The molecule has 10 heteroatoms. The Bertz CT molecular complexity index is 1200. The van der Waals surface area contributed by atoms with Gasteiger partial charge in [0, 0.05) is 33.2 Å². The van der Waals surface area contributed by atoms with Crippen LogP contribution in [0.4, 0.5) is 0 Å². The van der Waals surface area contributed by atoms with Crippen molar-refractivity contribution in [1.82, 2.24) is 18.4 Å². The summed E-state index contributed by atoms with van der Waals surface area (Å²) in [4.78, 5) is 0.532. The maximum atomic E-state index is 13.3. The van der Waals surface area contributed by atoms with E-state index in [0.717, 1.165) is 31.2 Å². The molecule has 0 N–H and O–H groups in total. The number of benzene rings is 1. The fourth-order valence-electron chi connectivity index (χ4n) is 4.63. The molecule has 1 aromatic heterocycles. The summed E-state index contributed by atoms with van der Waals surface area (Å²) in [5, 5.41) is 4.23. The Morgan fingerprint density at radius 3 is 2.03 bits per heavy atom. The number of sulfonamides is 2. The van der Waals surface area contributed by atoms with Crippen LogP contribution >= 0.6 is 0 Å². The van der Waals surface area contributed by atoms with Gasteiger partial charge in [-0.3, -0.25) is 4.68 Å². The summed E-state index contributed by atoms with van der Waals surface area (Å²) in [6.45, 7) is 4.27. The molecule has 0 amide bonds. The van der Waals surface area contributed by atoms with Gasteiger partial charge in [0.2, 0.25) is 20.0 Å². The highest BCUT2D eigenvalue weighted by Crippen LogP contribution is 2.28. The summed E-state index contributed by atoms with van der Waals surface area (Å²) < 4.78 is 57.6. The van der Waals surface area contributed by atoms with E-state index in [4.69, 9.17) is 0 Å². The van der Waals surface area contributed by atoms with E-state index in [1.165, 1.54) is 14.2 Å². The number of hydrogen-bond acceptors (Lipinski definition) is 5. The van der Waals surface area contributed by atoms with Crippen LogP contribution in [-0.4, -0.2) is 61.4 Å². The van der Waals surface area contributed by atoms with Gasteiger partial charge in [-0.15, -0.1) is 0 Å². The van der Waals surface area contributed by atoms with Crippen molar-refractivity contribution in [1.29, 1.82) is 0 Å². The molecule has 8 nitrogen and oxygen atoms in total. The Morgan fingerprint density at radius 1 is 0.806 bits per heavy atom. The molecular weight excluding hydrogens is 436 g/mol. The molecule has 0 unspecified atom stereocenters. The van der Waals surface area contributed by atoms with Gasteiger partial charge in [-0.1, -0.05) is 6.07 Å². The lowest BCUT2D eigenvalue weighted by Gasteiger charge is -2.23. The van der Waals surface area contributed by atoms with Crippen molar-refractivity contribution >= 4 is 20.0 Å². The van der Waals surface area contributed by atoms with E-state index in [9.17, 15) is 16.8 Å². The predicted molar refractivity (Wildman–Crippen MR) is 118 cm³/mol. The zero-order valence-electron chi connectivity index (χ0n) is 18.3. The van der Waals surface area contributed by atoms with Crippen molar-refractivity contribution in [2.45, 2.75) is 55.7 Å². The molecule has 1 aliphatic heterocycles. The molecule has 0 atom stereocenters. The summed E-state index contributed by atoms with van der Waals surface area (Å²) >= 11 is 0. The largest absolute Gasteiger partial charge is 0.271 e. The molecule has 0 spiro atoms. The topological polar surface area (TPSA) is 92.6 Å². The maximum absolute atomic E-state index is 13.3. The van der Waals surface area contributed by atoms with Crippen LogP contribution in [-0.2, 0) is 39.9 Å². The molecule has 31 heavy (non-hydrogen) atoms. The van der Waals surface area contributed by atoms with E-state index < -0.39 is 20.0 Å². The minimum atomic E-state index is -3.74. The first-order valence-corrected chi connectivity index (χ1v) is 13.6. The van der Waals surface area contributed by atoms with Crippen LogP contribution in [0.1, 0.15) is 41.8 Å². The maximum Gasteiger partial charge on any atom is 0.246 e. The number of aryl methyl sites for hydroxylation is 4. The van der Waals surface area contributed by atoms with Crippen LogP contribution in [0.3, 0.4) is 0 Å². The Labute approximate surface area is 185 Å². The van der Waals surface area contributed by atoms with Gasteiger partial charge in [-0.25, -0.2) is 16.8 Å². The van der Waals surface area contributed by atoms with E-state index >= 15 is 0 Å². The van der Waals surface area contributed by atoms with Gasteiger partial charge in [0.25, 0.3) is 0 Å². The minimum absolute atomic E-state index is 0.125. The number of fused-ring (bicyclic) bond motifs is 1. The first-order valence-electron chi connectivity index (χ1n) is 10.7. The molecule has 170 valence electrons. The monoisotopic (exact) mass is 466 g/mol. The van der Waals surface area contributed by atoms with E-state index in [-0.39, 0.29) is 24.5 Å². The smallest absolute Gasteiger partial charge is 0.246 e. The standard InChI is InChI=1S/C21H30N4O4S2/c1-16-21(17(2)23(3)22-16)31(28,29)25-12-6-11-24(13-14-25)30(26,27)20-10-9-18-7-4-5-8-19(18)15-20/h9-10,15H,4-8,11-14H2,1-3H3. The summed E-state index contributed by atoms with van der Waals surface area (Å²) in [7, 11) is -5.69. The van der Waals surface area contributed by atoms with Gasteiger partial charge >= 0.3 is 0 Å². The molecule has 2 aliphatic rings. The number of nitrogens with zero attached hydrogens (tertiary/aromatic N) is 4. The van der Waals surface area contributed by atoms with Gasteiger partial charge in [0.15, 0.2) is 0 Å². The average Bonchev–Trinajstić information content (AvgIpc) is 2.91. The third-order valence-electron chi connectivity index (χ3n) is 6.41. The lowest BCUT2D eigenvalue weighted by atomic mass is 9.92. The SMILES string of the molecule is Cc1nn(C)c(C)c1S(=O)(=O)N1CCCN(S(=O)(=O)c2ccc3c(c2)CCCC3)CC1. The van der Waals surface area contributed by atoms with Crippen molar-refractivity contribution in [3.05, 3.63) is 40.7 Å². The minimum Gasteiger partial charge on any atom is -0.271 e. The van der Waals surface area contributed by atoms with E-state index in [1.807, 2.05) is 12.1 Å². The molecule has 2 heterocycles. The Kier molecular flexibility index (Phi) is 6.01. The van der Waals surface area contributed by atoms with E-state index in [2.05, 4.69) is 5.10 Å². The molecule has 1 saturated heterocycles. The van der Waals surface area contributed by atoms with E-state index in [1.54, 1.807) is 31.6 Å². The first-order chi connectivity index (χ1) is 14.6. The van der Waals surface area contributed by atoms with Crippen LogP contribution in [0.15, 0.2) is 28.0 Å². The molecule has 0 radical (unpaired) electrons. The predicted octanol–water partition coefficient (Wildman–Crippen LogP) is 2.00. The highest BCUT2D eigenvalue weighted by atomic mass is 32.2. The van der Waals surface area contributed by atoms with Crippen LogP contribution < -0.4 is 0 Å². The third kappa shape index (κ3) is 4.06. The first kappa shape index (κ1) is 22.4. The molecule has 1 fully saturated rings. The van der Waals surface area contributed by atoms with Gasteiger partial charge in [-0.2, -0.15) is 13.7 Å². The van der Waals surface area contributed by atoms with Crippen molar-refractivity contribution in [2.75, 3.05) is 26.2 Å². The highest BCUT2D eigenvalue weighted by molar-refractivity contribution is 7.89. The number of rotatable bonds is 4. The average molecular weight is 467 g/mol. The molecule has 0 saturated carbocycles. The Morgan fingerprint density at radius 2 is 1.42 bits per heavy atom. The van der Waals surface area contributed by atoms with Crippen molar-refractivity contribution in [3.8, 4) is 0 Å². The molecular formula is C21H30N4O4S2. The summed E-state index contributed by atoms with van der Waals surface area (Å²) in [5.74, 6) is 0. The van der Waals surface area contributed by atoms with Crippen LogP contribution in [0, 0.1) is 13.8 Å². The fraction of sp³-hybridized carbons (Fsp3) is 0.571. The molecule has 0 bridgehead atoms. The zero-order chi connectivity index (χ0) is 22.4. The quantitative estimate of drug-likeness (QED) is 0.687. The molecule has 2 aromatic rings. The van der Waals surface area contributed by atoms with Gasteiger partial charge in [0.05, 0.1) is 16.3 Å². The number of aromatic nitrogens is 2. The summed E-state index contributed by atoms with van der Waals surface area (Å²) in [6.07, 6.45) is 4.58. The molecule has 1 aliphatic carbocycles. The Hall–Kier alpha value is -1.75. The van der Waals surface area contributed by atoms with E-state index in [0.29, 0.717) is 29.2 Å². The zero-order valence-corrected chi connectivity index (χ0v) is 20.0. The van der Waals surface area contributed by atoms with Gasteiger partial charge in [0.1, 0.15) is 4.90 Å². The third-order valence-corrected chi connectivity index (χ3v) is 10.5. The van der Waals surface area contributed by atoms with Gasteiger partial charge < -0.3 is 0 Å². The second-order valence-corrected chi connectivity index (χ2v) is 12.2. The van der Waals surface area contributed by atoms with Crippen LogP contribution in [0.25, 0.3) is 0 Å². The lowest BCUT2D eigenvalue weighted by Crippen LogP contribution is -2.37. The molecule has 4 rings (SSSR count). The Balaban J connectivity index is 1.56. The van der Waals surface area contributed by atoms with Crippen molar-refractivity contribution in [2.24, 2.45) is 7.05 Å². The second kappa shape index (κ2) is 8.31. The van der Waals surface area contributed by atoms with Crippen molar-refractivity contribution < 1.29 is 16.8 Å². The highest BCUT2D eigenvalue weighted by Gasteiger charge is 2.34. The summed E-state index contributed by atoms with van der Waals surface area (Å²) in [5.41, 5.74) is 3.40. The van der Waals surface area contributed by atoms with Crippen LogP contribution in [0.2, 0.25) is 0 Å². The van der Waals surface area contributed by atoms with Crippen LogP contribution in [0.5, 0.6) is 0 Å². The molecule has 1 aromatic carbocycles. The lowest BCUT2D eigenvalue weighted by molar-refractivity contribution is 0.404. The fourth-order valence-corrected chi connectivity index (χ4v) is 8.02. The second-order valence-electron chi connectivity index (χ2n) is 8.42.